The fraction of sp³-hybridized carbons (Fsp3) is 0.923. The molecule has 0 saturated heterocycles. The summed E-state index contributed by atoms with van der Waals surface area (Å²) in [5, 5.41) is 0. The maximum atomic E-state index is 11.7. The molecule has 0 aliphatic heterocycles. The Balaban J connectivity index is 2.59. The van der Waals surface area contributed by atoms with Gasteiger partial charge in [0, 0.05) is 6.04 Å². The van der Waals surface area contributed by atoms with Gasteiger partial charge in [-0.05, 0) is 46.2 Å². The Labute approximate surface area is 104 Å². The normalized spacial score (nSPS) is 26.9. The van der Waals surface area contributed by atoms with Gasteiger partial charge in [-0.1, -0.05) is 12.8 Å². The second kappa shape index (κ2) is 6.97. The van der Waals surface area contributed by atoms with Crippen LogP contribution in [0.15, 0.2) is 0 Å². The van der Waals surface area contributed by atoms with Crippen LogP contribution in [-0.2, 0) is 9.53 Å². The SMILES string of the molecule is CCOC(=O)C(C)N(C)C1CCCCC1CN. The summed E-state index contributed by atoms with van der Waals surface area (Å²) in [6.45, 7) is 4.92. The Morgan fingerprint density at radius 3 is 2.71 bits per heavy atom. The molecule has 0 spiro atoms. The molecular weight excluding hydrogens is 216 g/mol. The van der Waals surface area contributed by atoms with Gasteiger partial charge < -0.3 is 10.5 Å². The molecule has 0 bridgehead atoms. The number of likely N-dealkylation sites (N-methyl/N-ethyl adjacent to an activating group) is 1. The van der Waals surface area contributed by atoms with Gasteiger partial charge in [0.25, 0.3) is 0 Å². The molecule has 1 fully saturated rings. The van der Waals surface area contributed by atoms with E-state index in [4.69, 9.17) is 10.5 Å². The molecule has 100 valence electrons. The Morgan fingerprint density at radius 2 is 2.12 bits per heavy atom. The zero-order valence-corrected chi connectivity index (χ0v) is 11.3. The number of carbonyl (C=O) groups excluding carboxylic acids is 1. The van der Waals surface area contributed by atoms with Crippen molar-refractivity contribution in [2.45, 2.75) is 51.6 Å². The van der Waals surface area contributed by atoms with E-state index in [1.54, 1.807) is 0 Å². The van der Waals surface area contributed by atoms with Crippen LogP contribution < -0.4 is 5.73 Å². The summed E-state index contributed by atoms with van der Waals surface area (Å²) in [4.78, 5) is 13.9. The van der Waals surface area contributed by atoms with Crippen molar-refractivity contribution in [3.05, 3.63) is 0 Å². The van der Waals surface area contributed by atoms with E-state index in [-0.39, 0.29) is 12.0 Å². The van der Waals surface area contributed by atoms with E-state index in [0.29, 0.717) is 25.1 Å². The monoisotopic (exact) mass is 242 g/mol. The lowest BCUT2D eigenvalue weighted by Gasteiger charge is -2.39. The molecule has 0 radical (unpaired) electrons. The summed E-state index contributed by atoms with van der Waals surface area (Å²) in [5.74, 6) is 0.391. The third-order valence-electron chi connectivity index (χ3n) is 3.93. The Hall–Kier alpha value is -0.610. The highest BCUT2D eigenvalue weighted by Gasteiger charge is 2.32. The Bertz CT molecular complexity index is 246. The number of carbonyl (C=O) groups is 1. The lowest BCUT2D eigenvalue weighted by molar-refractivity contribution is -0.149. The van der Waals surface area contributed by atoms with Crippen molar-refractivity contribution in [2.24, 2.45) is 11.7 Å². The van der Waals surface area contributed by atoms with Crippen LogP contribution in [0.1, 0.15) is 39.5 Å². The van der Waals surface area contributed by atoms with Gasteiger partial charge in [0.2, 0.25) is 0 Å². The van der Waals surface area contributed by atoms with Gasteiger partial charge in [0.1, 0.15) is 6.04 Å². The molecule has 4 nitrogen and oxygen atoms in total. The molecule has 2 N–H and O–H groups in total. The van der Waals surface area contributed by atoms with Gasteiger partial charge in [-0.2, -0.15) is 0 Å². The van der Waals surface area contributed by atoms with E-state index in [9.17, 15) is 4.79 Å². The van der Waals surface area contributed by atoms with E-state index in [0.717, 1.165) is 6.42 Å². The van der Waals surface area contributed by atoms with Crippen LogP contribution in [0.25, 0.3) is 0 Å². The van der Waals surface area contributed by atoms with E-state index >= 15 is 0 Å². The largest absolute Gasteiger partial charge is 0.465 e. The fourth-order valence-corrected chi connectivity index (χ4v) is 2.72. The minimum Gasteiger partial charge on any atom is -0.465 e. The highest BCUT2D eigenvalue weighted by Crippen LogP contribution is 2.28. The van der Waals surface area contributed by atoms with Gasteiger partial charge in [-0.25, -0.2) is 0 Å². The Morgan fingerprint density at radius 1 is 1.47 bits per heavy atom. The number of nitrogens with zero attached hydrogens (tertiary/aromatic N) is 1. The fourth-order valence-electron chi connectivity index (χ4n) is 2.72. The number of hydrogen-bond acceptors (Lipinski definition) is 4. The molecule has 0 aromatic rings. The molecule has 0 heterocycles. The summed E-state index contributed by atoms with van der Waals surface area (Å²) in [6, 6.07) is 0.250. The molecular formula is C13H26N2O2. The van der Waals surface area contributed by atoms with Crippen molar-refractivity contribution in [3.63, 3.8) is 0 Å². The first-order valence-corrected chi connectivity index (χ1v) is 6.70. The van der Waals surface area contributed by atoms with E-state index in [1.165, 1.54) is 19.3 Å². The third-order valence-corrected chi connectivity index (χ3v) is 3.93. The molecule has 1 aliphatic rings. The summed E-state index contributed by atoms with van der Waals surface area (Å²) in [5.41, 5.74) is 5.82. The predicted octanol–water partition coefficient (Wildman–Crippen LogP) is 1.39. The zero-order valence-electron chi connectivity index (χ0n) is 11.3. The van der Waals surface area contributed by atoms with Gasteiger partial charge in [0.15, 0.2) is 0 Å². The number of ether oxygens (including phenoxy) is 1. The molecule has 0 aromatic heterocycles. The van der Waals surface area contributed by atoms with Crippen molar-refractivity contribution in [1.29, 1.82) is 0 Å². The lowest BCUT2D eigenvalue weighted by Crippen LogP contribution is -2.49. The highest BCUT2D eigenvalue weighted by molar-refractivity contribution is 5.75. The molecule has 0 amide bonds. The van der Waals surface area contributed by atoms with Gasteiger partial charge in [-0.3, -0.25) is 9.69 Å². The van der Waals surface area contributed by atoms with Crippen molar-refractivity contribution in [3.8, 4) is 0 Å². The van der Waals surface area contributed by atoms with Crippen LogP contribution in [0.5, 0.6) is 0 Å². The highest BCUT2D eigenvalue weighted by atomic mass is 16.5. The molecule has 3 unspecified atom stereocenters. The summed E-state index contributed by atoms with van der Waals surface area (Å²) in [6.07, 6.45) is 4.82. The van der Waals surface area contributed by atoms with Crippen LogP contribution in [0, 0.1) is 5.92 Å². The molecule has 17 heavy (non-hydrogen) atoms. The van der Waals surface area contributed by atoms with E-state index in [1.807, 2.05) is 20.9 Å². The predicted molar refractivity (Wildman–Crippen MR) is 68.7 cm³/mol. The van der Waals surface area contributed by atoms with Crippen LogP contribution in [0.3, 0.4) is 0 Å². The topological polar surface area (TPSA) is 55.6 Å². The minimum absolute atomic E-state index is 0.128. The Kier molecular flexibility index (Phi) is 5.92. The summed E-state index contributed by atoms with van der Waals surface area (Å²) < 4.78 is 5.07. The van der Waals surface area contributed by atoms with Crippen molar-refractivity contribution < 1.29 is 9.53 Å². The maximum absolute atomic E-state index is 11.7. The maximum Gasteiger partial charge on any atom is 0.323 e. The number of rotatable bonds is 5. The summed E-state index contributed by atoms with van der Waals surface area (Å²) >= 11 is 0. The average molecular weight is 242 g/mol. The van der Waals surface area contributed by atoms with E-state index in [2.05, 4.69) is 4.90 Å². The van der Waals surface area contributed by atoms with E-state index < -0.39 is 0 Å². The van der Waals surface area contributed by atoms with Gasteiger partial charge >= 0.3 is 5.97 Å². The van der Waals surface area contributed by atoms with Crippen LogP contribution in [0.4, 0.5) is 0 Å². The molecule has 3 atom stereocenters. The lowest BCUT2D eigenvalue weighted by atomic mass is 9.83. The first-order valence-electron chi connectivity index (χ1n) is 6.70. The third kappa shape index (κ3) is 3.68. The first-order chi connectivity index (χ1) is 8.11. The molecule has 0 aromatic carbocycles. The smallest absolute Gasteiger partial charge is 0.323 e. The second-order valence-corrected chi connectivity index (χ2v) is 4.94. The number of esters is 1. The van der Waals surface area contributed by atoms with Crippen molar-refractivity contribution >= 4 is 5.97 Å². The summed E-state index contributed by atoms with van der Waals surface area (Å²) in [7, 11) is 2.01. The van der Waals surface area contributed by atoms with Crippen molar-refractivity contribution in [1.82, 2.24) is 4.90 Å². The van der Waals surface area contributed by atoms with Gasteiger partial charge in [0.05, 0.1) is 6.61 Å². The van der Waals surface area contributed by atoms with Crippen LogP contribution >= 0.6 is 0 Å². The van der Waals surface area contributed by atoms with Crippen LogP contribution in [0.2, 0.25) is 0 Å². The molecule has 1 saturated carbocycles. The second-order valence-electron chi connectivity index (χ2n) is 4.94. The minimum atomic E-state index is -0.174. The molecule has 1 aliphatic carbocycles. The number of hydrogen-bond donors (Lipinski definition) is 1. The quantitative estimate of drug-likeness (QED) is 0.740. The van der Waals surface area contributed by atoms with Crippen molar-refractivity contribution in [2.75, 3.05) is 20.2 Å². The first kappa shape index (κ1) is 14.5. The number of nitrogens with two attached hydrogens (primary N) is 1. The molecule has 4 heteroatoms. The van der Waals surface area contributed by atoms with Crippen LogP contribution in [-0.4, -0.2) is 43.2 Å². The standard InChI is InChI=1S/C13H26N2O2/c1-4-17-13(16)10(2)15(3)12-8-6-5-7-11(12)9-14/h10-12H,4-9,14H2,1-3H3. The average Bonchev–Trinajstić information content (AvgIpc) is 2.37. The zero-order chi connectivity index (χ0) is 12.8. The van der Waals surface area contributed by atoms with Gasteiger partial charge in [-0.15, -0.1) is 0 Å². The molecule has 1 rings (SSSR count).